The molecule has 18 heavy (non-hydrogen) atoms. The molecule has 1 aromatic rings. The molecule has 2 amide bonds. The molecule has 0 saturated heterocycles. The van der Waals surface area contributed by atoms with Gasteiger partial charge in [0, 0.05) is 6.04 Å². The number of thiophene rings is 1. The number of rotatable bonds is 5. The monoisotopic (exact) mass is 271 g/mol. The minimum atomic E-state index is -0.337. The number of likely N-dealkylation sites (N-methyl/N-ethyl adjacent to an activating group) is 1. The third kappa shape index (κ3) is 4.44. The van der Waals surface area contributed by atoms with Crippen molar-refractivity contribution in [2.75, 3.05) is 20.2 Å². The summed E-state index contributed by atoms with van der Waals surface area (Å²) in [6.45, 7) is 1.88. The maximum Gasteiger partial charge on any atom is 0.279 e. The van der Waals surface area contributed by atoms with E-state index >= 15 is 0 Å². The molecule has 0 bridgehead atoms. The lowest BCUT2D eigenvalue weighted by Crippen LogP contribution is -2.47. The van der Waals surface area contributed by atoms with Crippen LogP contribution in [0.1, 0.15) is 16.6 Å². The molecule has 1 atom stereocenters. The predicted octanol–water partition coefficient (Wildman–Crippen LogP) is -0.178. The number of amides is 2. The summed E-state index contributed by atoms with van der Waals surface area (Å²) >= 11 is 1.30. The van der Waals surface area contributed by atoms with Crippen LogP contribution >= 0.6 is 11.3 Å². The third-order valence-corrected chi connectivity index (χ3v) is 3.34. The third-order valence-electron chi connectivity index (χ3n) is 2.47. The van der Waals surface area contributed by atoms with Crippen molar-refractivity contribution in [3.05, 3.63) is 22.4 Å². The zero-order chi connectivity index (χ0) is 13.5. The van der Waals surface area contributed by atoms with Crippen LogP contribution in [0.15, 0.2) is 17.5 Å². The highest BCUT2D eigenvalue weighted by molar-refractivity contribution is 7.12. The predicted molar refractivity (Wildman–Crippen MR) is 69.1 cm³/mol. The first-order valence-corrected chi connectivity index (χ1v) is 6.36. The van der Waals surface area contributed by atoms with Gasteiger partial charge in [0.2, 0.25) is 0 Å². The largest absolute Gasteiger partial charge is 0.395 e. The molecule has 3 N–H and O–H groups in total. The molecule has 7 heteroatoms. The molecule has 0 aliphatic carbocycles. The summed E-state index contributed by atoms with van der Waals surface area (Å²) in [5.41, 5.74) is 4.66. The van der Waals surface area contributed by atoms with E-state index in [0.29, 0.717) is 4.88 Å². The number of aliphatic hydroxyl groups excluding tert-OH is 1. The van der Waals surface area contributed by atoms with Crippen LogP contribution in [0, 0.1) is 0 Å². The second-order valence-corrected chi connectivity index (χ2v) is 4.87. The van der Waals surface area contributed by atoms with E-state index in [1.54, 1.807) is 36.4 Å². The number of carbonyl (C=O) groups excluding carboxylic acids is 2. The van der Waals surface area contributed by atoms with Gasteiger partial charge in [0.25, 0.3) is 11.8 Å². The molecular weight excluding hydrogens is 254 g/mol. The Morgan fingerprint density at radius 3 is 2.78 bits per heavy atom. The molecule has 1 heterocycles. The van der Waals surface area contributed by atoms with Crippen molar-refractivity contribution < 1.29 is 14.7 Å². The van der Waals surface area contributed by atoms with Crippen LogP contribution in [0.25, 0.3) is 0 Å². The summed E-state index contributed by atoms with van der Waals surface area (Å²) < 4.78 is 0. The lowest BCUT2D eigenvalue weighted by Gasteiger charge is -2.21. The molecule has 1 unspecified atom stereocenters. The summed E-state index contributed by atoms with van der Waals surface area (Å²) in [7, 11) is 1.72. The molecule has 1 rings (SSSR count). The van der Waals surface area contributed by atoms with Crippen molar-refractivity contribution in [3.8, 4) is 0 Å². The Bertz CT molecular complexity index is 394. The van der Waals surface area contributed by atoms with E-state index in [0.717, 1.165) is 0 Å². The van der Waals surface area contributed by atoms with E-state index in [4.69, 9.17) is 5.11 Å². The normalized spacial score (nSPS) is 12.2. The maximum atomic E-state index is 11.5. The smallest absolute Gasteiger partial charge is 0.279 e. The van der Waals surface area contributed by atoms with Gasteiger partial charge in [-0.25, -0.2) is 0 Å². The van der Waals surface area contributed by atoms with Crippen LogP contribution in [-0.2, 0) is 4.79 Å². The highest BCUT2D eigenvalue weighted by Gasteiger charge is 2.13. The van der Waals surface area contributed by atoms with Crippen molar-refractivity contribution in [1.82, 2.24) is 15.8 Å². The number of hydrazine groups is 1. The van der Waals surface area contributed by atoms with Gasteiger partial charge in [-0.15, -0.1) is 11.3 Å². The fourth-order valence-electron chi connectivity index (χ4n) is 1.16. The fraction of sp³-hybridized carbons (Fsp3) is 0.455. The lowest BCUT2D eigenvalue weighted by atomic mass is 10.3. The van der Waals surface area contributed by atoms with Crippen LogP contribution < -0.4 is 10.9 Å². The molecule has 0 aliphatic rings. The number of nitrogens with zero attached hydrogens (tertiary/aromatic N) is 1. The van der Waals surface area contributed by atoms with E-state index in [9.17, 15) is 9.59 Å². The first-order chi connectivity index (χ1) is 8.54. The standard InChI is InChI=1S/C11H17N3O3S/c1-8(7-15)14(2)6-10(16)12-13-11(17)9-4-3-5-18-9/h3-5,8,15H,6-7H2,1-2H3,(H,12,16)(H,13,17). The van der Waals surface area contributed by atoms with Gasteiger partial charge in [-0.3, -0.25) is 25.3 Å². The molecule has 0 saturated carbocycles. The summed E-state index contributed by atoms with van der Waals surface area (Å²) in [5.74, 6) is -0.668. The van der Waals surface area contributed by atoms with Crippen molar-refractivity contribution in [3.63, 3.8) is 0 Å². The Kier molecular flexibility index (Phi) is 5.76. The Morgan fingerprint density at radius 2 is 2.22 bits per heavy atom. The van der Waals surface area contributed by atoms with Gasteiger partial charge in [0.05, 0.1) is 18.0 Å². The van der Waals surface area contributed by atoms with Crippen LogP contribution in [0.5, 0.6) is 0 Å². The topological polar surface area (TPSA) is 81.7 Å². The van der Waals surface area contributed by atoms with Crippen LogP contribution in [0.3, 0.4) is 0 Å². The first-order valence-electron chi connectivity index (χ1n) is 5.48. The van der Waals surface area contributed by atoms with E-state index in [1.807, 2.05) is 0 Å². The van der Waals surface area contributed by atoms with Gasteiger partial charge in [-0.1, -0.05) is 6.07 Å². The number of hydrogen-bond acceptors (Lipinski definition) is 5. The molecular formula is C11H17N3O3S. The Morgan fingerprint density at radius 1 is 1.50 bits per heavy atom. The molecule has 100 valence electrons. The van der Waals surface area contributed by atoms with Crippen LogP contribution in [-0.4, -0.2) is 48.1 Å². The lowest BCUT2D eigenvalue weighted by molar-refractivity contribution is -0.123. The van der Waals surface area contributed by atoms with E-state index in [-0.39, 0.29) is 31.0 Å². The average molecular weight is 271 g/mol. The highest BCUT2D eigenvalue weighted by atomic mass is 32.1. The Balaban J connectivity index is 2.31. The van der Waals surface area contributed by atoms with E-state index in [1.165, 1.54) is 11.3 Å². The van der Waals surface area contributed by atoms with Crippen molar-refractivity contribution in [1.29, 1.82) is 0 Å². The Hall–Kier alpha value is -1.44. The molecule has 6 nitrogen and oxygen atoms in total. The second kappa shape index (κ2) is 7.10. The summed E-state index contributed by atoms with van der Waals surface area (Å²) in [6.07, 6.45) is 0. The SMILES string of the molecule is CC(CO)N(C)CC(=O)NNC(=O)c1cccs1. The van der Waals surface area contributed by atoms with Gasteiger partial charge in [0.15, 0.2) is 0 Å². The van der Waals surface area contributed by atoms with Gasteiger partial charge in [0.1, 0.15) is 0 Å². The zero-order valence-corrected chi connectivity index (χ0v) is 11.2. The first kappa shape index (κ1) is 14.6. The number of hydrogen-bond donors (Lipinski definition) is 3. The molecule has 0 aromatic carbocycles. The average Bonchev–Trinajstić information content (AvgIpc) is 2.88. The van der Waals surface area contributed by atoms with Crippen molar-refractivity contribution in [2.45, 2.75) is 13.0 Å². The summed E-state index contributed by atoms with van der Waals surface area (Å²) in [5, 5.41) is 10.7. The molecule has 0 radical (unpaired) electrons. The molecule has 1 aromatic heterocycles. The van der Waals surface area contributed by atoms with Gasteiger partial charge >= 0.3 is 0 Å². The second-order valence-electron chi connectivity index (χ2n) is 3.93. The number of nitrogens with one attached hydrogen (secondary N) is 2. The highest BCUT2D eigenvalue weighted by Crippen LogP contribution is 2.06. The van der Waals surface area contributed by atoms with Gasteiger partial charge < -0.3 is 5.11 Å². The van der Waals surface area contributed by atoms with E-state index < -0.39 is 0 Å². The van der Waals surface area contributed by atoms with Gasteiger partial charge in [-0.05, 0) is 25.4 Å². The maximum absolute atomic E-state index is 11.5. The molecule has 0 fully saturated rings. The zero-order valence-electron chi connectivity index (χ0n) is 10.3. The number of carbonyl (C=O) groups is 2. The summed E-state index contributed by atoms with van der Waals surface area (Å²) in [4.78, 5) is 25.2. The van der Waals surface area contributed by atoms with Crippen LogP contribution in [0.2, 0.25) is 0 Å². The minimum Gasteiger partial charge on any atom is -0.395 e. The van der Waals surface area contributed by atoms with Gasteiger partial charge in [-0.2, -0.15) is 0 Å². The van der Waals surface area contributed by atoms with Crippen molar-refractivity contribution >= 4 is 23.2 Å². The van der Waals surface area contributed by atoms with E-state index in [2.05, 4.69) is 10.9 Å². The van der Waals surface area contributed by atoms with Crippen molar-refractivity contribution in [2.24, 2.45) is 0 Å². The quantitative estimate of drug-likeness (QED) is 0.649. The Labute approximate surface area is 110 Å². The number of aliphatic hydroxyl groups is 1. The molecule has 0 aliphatic heterocycles. The summed E-state index contributed by atoms with van der Waals surface area (Å²) in [6, 6.07) is 3.33. The minimum absolute atomic E-state index is 0.0225. The van der Waals surface area contributed by atoms with Crippen LogP contribution in [0.4, 0.5) is 0 Å². The molecule has 0 spiro atoms. The fourth-order valence-corrected chi connectivity index (χ4v) is 1.78.